The lowest BCUT2D eigenvalue weighted by Gasteiger charge is -2.35. The van der Waals surface area contributed by atoms with Crippen LogP contribution in [0, 0.1) is 0 Å². The lowest BCUT2D eigenvalue weighted by Crippen LogP contribution is -2.58. The van der Waals surface area contributed by atoms with Crippen LogP contribution in [-0.4, -0.2) is 47.7 Å². The minimum Gasteiger partial charge on any atom is -0.443 e. The van der Waals surface area contributed by atoms with Gasteiger partial charge in [-0.05, 0) is 63.8 Å². The van der Waals surface area contributed by atoms with Gasteiger partial charge in [-0.1, -0.05) is 22.0 Å². The largest absolute Gasteiger partial charge is 0.443 e. The quantitative estimate of drug-likeness (QED) is 0.570. The summed E-state index contributed by atoms with van der Waals surface area (Å²) in [5.41, 5.74) is -0.421. The topological polar surface area (TPSA) is 95.9 Å². The molecule has 2 rings (SSSR count). The number of nitrogens with zero attached hydrogens (tertiary/aromatic N) is 1. The fraction of sp³-hybridized carbons (Fsp3) is 0.611. The highest BCUT2D eigenvalue weighted by atomic mass is 79.9. The van der Waals surface area contributed by atoms with Gasteiger partial charge in [0.25, 0.3) is 0 Å². The van der Waals surface area contributed by atoms with Crippen LogP contribution in [0.5, 0.6) is 0 Å². The molecule has 170 valence electrons. The number of rotatable bonds is 5. The molecule has 30 heavy (non-hydrogen) atoms. The molecule has 0 spiro atoms. The van der Waals surface area contributed by atoms with E-state index in [0.29, 0.717) is 12.8 Å². The molecule has 1 aliphatic rings. The highest BCUT2D eigenvalue weighted by Gasteiger charge is 2.52. The zero-order chi connectivity index (χ0) is 23.1. The van der Waals surface area contributed by atoms with Crippen LogP contribution in [-0.2, 0) is 27.0 Å². The van der Waals surface area contributed by atoms with E-state index in [-0.39, 0.29) is 0 Å². The number of hydrogen-bond acceptors (Lipinski definition) is 5. The minimum atomic E-state index is -5.56. The number of aryl methyl sites for hydroxylation is 1. The van der Waals surface area contributed by atoms with Crippen molar-refractivity contribution in [2.45, 2.75) is 63.9 Å². The number of benzene rings is 1. The third kappa shape index (κ3) is 5.86. The highest BCUT2D eigenvalue weighted by molar-refractivity contribution is 9.10. The number of amides is 1. The molecular weight excluding hydrogens is 493 g/mol. The molecule has 1 aromatic carbocycles. The SMILES string of the molecule is CC(C)(C)OC(=O)N([C@@H](CNC1(C)CCc2cc(Br)ccc21)C(F)(F)F)S(=O)(=O)O. The first-order valence-electron chi connectivity index (χ1n) is 9.04. The van der Waals surface area contributed by atoms with Gasteiger partial charge < -0.3 is 10.1 Å². The Kier molecular flexibility index (Phi) is 6.88. The van der Waals surface area contributed by atoms with Crippen molar-refractivity contribution in [2.24, 2.45) is 0 Å². The first kappa shape index (κ1) is 24.9. The van der Waals surface area contributed by atoms with E-state index >= 15 is 0 Å². The number of halogens is 4. The summed E-state index contributed by atoms with van der Waals surface area (Å²) < 4.78 is 79.1. The van der Waals surface area contributed by atoms with Gasteiger partial charge in [0.15, 0.2) is 6.04 Å². The van der Waals surface area contributed by atoms with E-state index in [1.807, 2.05) is 6.07 Å². The first-order valence-corrected chi connectivity index (χ1v) is 11.2. The van der Waals surface area contributed by atoms with Crippen molar-refractivity contribution in [1.29, 1.82) is 0 Å². The summed E-state index contributed by atoms with van der Waals surface area (Å²) in [6.07, 6.45) is -5.88. The lowest BCUT2D eigenvalue weighted by atomic mass is 9.94. The van der Waals surface area contributed by atoms with Crippen molar-refractivity contribution in [3.05, 3.63) is 33.8 Å². The van der Waals surface area contributed by atoms with E-state index in [9.17, 15) is 30.9 Å². The summed E-state index contributed by atoms with van der Waals surface area (Å²) in [7, 11) is -5.56. The van der Waals surface area contributed by atoms with Crippen molar-refractivity contribution in [3.63, 3.8) is 0 Å². The summed E-state index contributed by atoms with van der Waals surface area (Å²) in [5, 5.41) is 2.75. The Labute approximate surface area is 182 Å². The molecule has 7 nitrogen and oxygen atoms in total. The summed E-state index contributed by atoms with van der Waals surface area (Å²) in [6.45, 7) is 4.83. The molecule has 0 fully saturated rings. The van der Waals surface area contributed by atoms with E-state index in [1.165, 1.54) is 20.8 Å². The van der Waals surface area contributed by atoms with Crippen LogP contribution in [0.15, 0.2) is 22.7 Å². The molecule has 1 aromatic rings. The van der Waals surface area contributed by atoms with Gasteiger partial charge in [0.05, 0.1) is 0 Å². The third-order valence-electron chi connectivity index (χ3n) is 4.72. The predicted molar refractivity (Wildman–Crippen MR) is 107 cm³/mol. The molecule has 0 saturated heterocycles. The van der Waals surface area contributed by atoms with Gasteiger partial charge in [-0.25, -0.2) is 4.79 Å². The van der Waals surface area contributed by atoms with Crippen molar-refractivity contribution < 1.29 is 35.7 Å². The fourth-order valence-electron chi connectivity index (χ4n) is 3.35. The van der Waals surface area contributed by atoms with Crippen LogP contribution in [0.3, 0.4) is 0 Å². The number of hydrogen-bond donors (Lipinski definition) is 2. The van der Waals surface area contributed by atoms with E-state index in [4.69, 9.17) is 4.74 Å². The van der Waals surface area contributed by atoms with Gasteiger partial charge in [-0.2, -0.15) is 25.9 Å². The second-order valence-electron chi connectivity index (χ2n) is 8.33. The zero-order valence-electron chi connectivity index (χ0n) is 16.9. The van der Waals surface area contributed by atoms with Gasteiger partial charge in [-0.3, -0.25) is 4.55 Å². The normalized spacial score (nSPS) is 20.6. The Morgan fingerprint density at radius 3 is 2.47 bits per heavy atom. The monoisotopic (exact) mass is 516 g/mol. The molecular formula is C18H24BrF3N2O5S. The second-order valence-corrected chi connectivity index (χ2v) is 10.5. The molecule has 1 aliphatic carbocycles. The van der Waals surface area contributed by atoms with Crippen LogP contribution in [0.4, 0.5) is 18.0 Å². The molecule has 0 heterocycles. The Bertz CT molecular complexity index is 917. The van der Waals surface area contributed by atoms with Crippen LogP contribution in [0.2, 0.25) is 0 Å². The second kappa shape index (κ2) is 8.29. The molecule has 0 saturated carbocycles. The van der Waals surface area contributed by atoms with E-state index in [1.54, 1.807) is 19.1 Å². The van der Waals surface area contributed by atoms with Crippen molar-refractivity contribution in [3.8, 4) is 0 Å². The number of carbonyl (C=O) groups is 1. The van der Waals surface area contributed by atoms with Crippen molar-refractivity contribution in [1.82, 2.24) is 9.62 Å². The first-order chi connectivity index (χ1) is 13.4. The number of alkyl halides is 3. The minimum absolute atomic E-state index is 0.474. The number of ether oxygens (including phenoxy) is 1. The molecule has 0 radical (unpaired) electrons. The molecule has 12 heteroatoms. The smallest absolute Gasteiger partial charge is 0.426 e. The third-order valence-corrected chi connectivity index (χ3v) is 6.12. The standard InChI is InChI=1S/C18H24BrF3N2O5S/c1-16(2,3)29-15(25)24(30(26,27)28)14(18(20,21)22)10-23-17(4)8-7-11-9-12(19)5-6-13(11)17/h5-6,9,14,23H,7-8,10H2,1-4H3,(H,26,27,28)/t14-,17?/m0/s1. The Morgan fingerprint density at radius 2 is 1.97 bits per heavy atom. The van der Waals surface area contributed by atoms with Gasteiger partial charge in [0.1, 0.15) is 5.60 Å². The van der Waals surface area contributed by atoms with Gasteiger partial charge >= 0.3 is 22.6 Å². The maximum atomic E-state index is 13.8. The van der Waals surface area contributed by atoms with Gasteiger partial charge in [0, 0.05) is 16.6 Å². The molecule has 2 N–H and O–H groups in total. The summed E-state index contributed by atoms with van der Waals surface area (Å²) >= 11 is 3.35. The van der Waals surface area contributed by atoms with Gasteiger partial charge in [0.2, 0.25) is 0 Å². The van der Waals surface area contributed by atoms with Crippen molar-refractivity contribution in [2.75, 3.05) is 6.54 Å². The summed E-state index contributed by atoms with van der Waals surface area (Å²) in [6, 6.07) is 2.54. The zero-order valence-corrected chi connectivity index (χ0v) is 19.3. The average Bonchev–Trinajstić information content (AvgIpc) is 2.83. The maximum Gasteiger partial charge on any atom is 0.426 e. The highest BCUT2D eigenvalue weighted by Crippen LogP contribution is 2.38. The van der Waals surface area contributed by atoms with Crippen LogP contribution >= 0.6 is 15.9 Å². The number of carbonyl (C=O) groups excluding carboxylic acids is 1. The van der Waals surface area contributed by atoms with E-state index in [2.05, 4.69) is 21.2 Å². The molecule has 1 unspecified atom stereocenters. The Hall–Kier alpha value is -1.37. The Balaban J connectivity index is 2.35. The molecule has 2 atom stereocenters. The van der Waals surface area contributed by atoms with E-state index in [0.717, 1.165) is 15.6 Å². The number of nitrogens with one attached hydrogen (secondary N) is 1. The lowest BCUT2D eigenvalue weighted by molar-refractivity contribution is -0.170. The molecule has 1 amide bonds. The number of fused-ring (bicyclic) bond motifs is 1. The van der Waals surface area contributed by atoms with Crippen LogP contribution < -0.4 is 5.32 Å². The molecule has 0 bridgehead atoms. The van der Waals surface area contributed by atoms with Crippen molar-refractivity contribution >= 4 is 32.3 Å². The van der Waals surface area contributed by atoms with Crippen LogP contribution in [0.1, 0.15) is 45.2 Å². The predicted octanol–water partition coefficient (Wildman–Crippen LogP) is 4.17. The fourth-order valence-corrected chi connectivity index (χ4v) is 4.50. The summed E-state index contributed by atoms with van der Waals surface area (Å²) in [5.74, 6) is 0. The average molecular weight is 517 g/mol. The summed E-state index contributed by atoms with van der Waals surface area (Å²) in [4.78, 5) is 12.2. The molecule has 0 aromatic heterocycles. The van der Waals surface area contributed by atoms with E-state index < -0.39 is 50.6 Å². The van der Waals surface area contributed by atoms with Gasteiger partial charge in [-0.15, -0.1) is 0 Å². The Morgan fingerprint density at radius 1 is 1.37 bits per heavy atom. The molecule has 0 aliphatic heterocycles. The maximum absolute atomic E-state index is 13.8. The van der Waals surface area contributed by atoms with Crippen LogP contribution in [0.25, 0.3) is 0 Å².